The fourth-order valence-electron chi connectivity index (χ4n) is 3.63. The molecule has 132 valence electrons. The molecule has 2 N–H and O–H groups in total. The van der Waals surface area contributed by atoms with E-state index in [1.165, 1.54) is 10.4 Å². The van der Waals surface area contributed by atoms with Crippen LogP contribution in [0.5, 0.6) is 5.75 Å². The van der Waals surface area contributed by atoms with Crippen LogP contribution in [0.25, 0.3) is 0 Å². The maximum absolute atomic E-state index is 12.9. The fraction of sp³-hybridized carbons (Fsp3) is 0.389. The van der Waals surface area contributed by atoms with Crippen LogP contribution < -0.4 is 15.4 Å². The van der Waals surface area contributed by atoms with Crippen molar-refractivity contribution in [3.05, 3.63) is 40.8 Å². The van der Waals surface area contributed by atoms with E-state index in [0.717, 1.165) is 48.3 Å². The number of halogens is 2. The molecule has 25 heavy (non-hydrogen) atoms. The molecule has 1 amide bonds. The highest BCUT2D eigenvalue weighted by molar-refractivity contribution is 14.1. The number of amides is 1. The van der Waals surface area contributed by atoms with Crippen molar-refractivity contribution in [2.24, 2.45) is 5.92 Å². The molecule has 0 fully saturated rings. The summed E-state index contributed by atoms with van der Waals surface area (Å²) in [5.74, 6) is 1.54. The van der Waals surface area contributed by atoms with Crippen LogP contribution in [0.1, 0.15) is 45.9 Å². The first-order chi connectivity index (χ1) is 12.0. The van der Waals surface area contributed by atoms with E-state index in [1.807, 2.05) is 0 Å². The number of carbonyl (C=O) groups excluding carboxylic acids is 1. The Labute approximate surface area is 178 Å². The standard InChI is InChI=1S/C18H18I2N2O2S/c1-8-3-4-10-13(5-8)25-18-14(10)17(23)21-16(22-18)11-6-9(19)7-12(20)15(11)24-2/h6-8,16,22H,3-5H2,1-2H3,(H,21,23)/t8-,16-/m0/s1. The minimum Gasteiger partial charge on any atom is -0.495 e. The first-order valence-electron chi connectivity index (χ1n) is 8.22. The van der Waals surface area contributed by atoms with Crippen LogP contribution in [-0.2, 0) is 12.8 Å². The smallest absolute Gasteiger partial charge is 0.256 e. The quantitative estimate of drug-likeness (QED) is 0.495. The summed E-state index contributed by atoms with van der Waals surface area (Å²) >= 11 is 6.33. The maximum atomic E-state index is 12.9. The van der Waals surface area contributed by atoms with Crippen molar-refractivity contribution in [3.63, 3.8) is 0 Å². The summed E-state index contributed by atoms with van der Waals surface area (Å²) in [6.45, 7) is 2.29. The van der Waals surface area contributed by atoms with E-state index in [-0.39, 0.29) is 12.1 Å². The number of hydrogen-bond donors (Lipinski definition) is 2. The molecule has 0 bridgehead atoms. The van der Waals surface area contributed by atoms with Gasteiger partial charge in [0.1, 0.15) is 16.9 Å². The van der Waals surface area contributed by atoms with E-state index < -0.39 is 0 Å². The molecule has 2 atom stereocenters. The molecule has 2 aliphatic rings. The zero-order chi connectivity index (χ0) is 17.7. The number of thiophene rings is 1. The van der Waals surface area contributed by atoms with Crippen molar-refractivity contribution < 1.29 is 9.53 Å². The second-order valence-electron chi connectivity index (χ2n) is 6.62. The van der Waals surface area contributed by atoms with E-state index in [1.54, 1.807) is 18.4 Å². The number of nitrogens with one attached hydrogen (secondary N) is 2. The Kier molecular flexibility index (Phi) is 4.91. The Morgan fingerprint density at radius 1 is 1.28 bits per heavy atom. The van der Waals surface area contributed by atoms with Gasteiger partial charge in [-0.1, -0.05) is 6.92 Å². The van der Waals surface area contributed by atoms with E-state index in [2.05, 4.69) is 74.9 Å². The number of carbonyl (C=O) groups is 1. The topological polar surface area (TPSA) is 50.4 Å². The highest BCUT2D eigenvalue weighted by atomic mass is 127. The normalized spacial score (nSPS) is 21.8. The minimum absolute atomic E-state index is 0.0294. The summed E-state index contributed by atoms with van der Waals surface area (Å²) < 4.78 is 7.77. The number of anilines is 1. The van der Waals surface area contributed by atoms with Gasteiger partial charge < -0.3 is 15.4 Å². The molecule has 0 radical (unpaired) electrons. The van der Waals surface area contributed by atoms with Gasteiger partial charge in [-0.2, -0.15) is 0 Å². The van der Waals surface area contributed by atoms with Crippen molar-refractivity contribution >= 4 is 67.4 Å². The van der Waals surface area contributed by atoms with E-state index in [0.29, 0.717) is 5.92 Å². The zero-order valence-corrected chi connectivity index (χ0v) is 19.0. The van der Waals surface area contributed by atoms with Crippen molar-refractivity contribution in [1.82, 2.24) is 5.32 Å². The Bertz CT molecular complexity index is 865. The van der Waals surface area contributed by atoms with Crippen molar-refractivity contribution in [3.8, 4) is 5.75 Å². The molecule has 1 aromatic carbocycles. The predicted molar refractivity (Wildman–Crippen MR) is 118 cm³/mol. The lowest BCUT2D eigenvalue weighted by Gasteiger charge is -2.28. The van der Waals surface area contributed by atoms with Gasteiger partial charge >= 0.3 is 0 Å². The van der Waals surface area contributed by atoms with E-state index in [9.17, 15) is 4.79 Å². The summed E-state index contributed by atoms with van der Waals surface area (Å²) in [5, 5.41) is 7.68. The molecule has 0 spiro atoms. The first-order valence-corrected chi connectivity index (χ1v) is 11.2. The van der Waals surface area contributed by atoms with Crippen LogP contribution in [0.2, 0.25) is 0 Å². The van der Waals surface area contributed by atoms with E-state index >= 15 is 0 Å². The number of fused-ring (bicyclic) bond motifs is 3. The Hall–Kier alpha value is -0.550. The third-order valence-corrected chi connectivity index (χ3v) is 7.45. The van der Waals surface area contributed by atoms with Gasteiger partial charge in [-0.05, 0) is 88.1 Å². The Balaban J connectivity index is 1.75. The van der Waals surface area contributed by atoms with Gasteiger partial charge in [0.2, 0.25) is 0 Å². The van der Waals surface area contributed by atoms with Crippen LogP contribution in [0.4, 0.5) is 5.00 Å². The van der Waals surface area contributed by atoms with Crippen molar-refractivity contribution in [1.29, 1.82) is 0 Å². The third kappa shape index (κ3) is 3.16. The largest absolute Gasteiger partial charge is 0.495 e. The summed E-state index contributed by atoms with van der Waals surface area (Å²) in [6, 6.07) is 4.14. The summed E-state index contributed by atoms with van der Waals surface area (Å²) in [7, 11) is 1.68. The second-order valence-corrected chi connectivity index (χ2v) is 10.1. The van der Waals surface area contributed by atoms with Crippen LogP contribution >= 0.6 is 56.5 Å². The first kappa shape index (κ1) is 17.8. The van der Waals surface area contributed by atoms with E-state index in [4.69, 9.17) is 4.74 Å². The van der Waals surface area contributed by atoms with Crippen LogP contribution in [0.15, 0.2) is 12.1 Å². The molecule has 1 aliphatic carbocycles. The van der Waals surface area contributed by atoms with Gasteiger partial charge in [0.25, 0.3) is 5.91 Å². The van der Waals surface area contributed by atoms with Crippen molar-refractivity contribution in [2.45, 2.75) is 32.4 Å². The monoisotopic (exact) mass is 580 g/mol. The Morgan fingerprint density at radius 2 is 2.08 bits per heavy atom. The average molecular weight is 580 g/mol. The molecule has 1 aliphatic heterocycles. The molecule has 2 aromatic rings. The van der Waals surface area contributed by atoms with Crippen molar-refractivity contribution in [2.75, 3.05) is 12.4 Å². The third-order valence-electron chi connectivity index (χ3n) is 4.84. The van der Waals surface area contributed by atoms with Gasteiger partial charge in [-0.3, -0.25) is 4.79 Å². The summed E-state index contributed by atoms with van der Waals surface area (Å²) in [6.07, 6.45) is 2.98. The minimum atomic E-state index is -0.268. The maximum Gasteiger partial charge on any atom is 0.256 e. The van der Waals surface area contributed by atoms with Gasteiger partial charge in [-0.15, -0.1) is 11.3 Å². The number of rotatable bonds is 2. The molecular formula is C18H18I2N2O2S. The van der Waals surface area contributed by atoms with Gasteiger partial charge in [0.15, 0.2) is 0 Å². The van der Waals surface area contributed by atoms with Gasteiger partial charge in [0.05, 0.1) is 16.2 Å². The number of hydrogen-bond acceptors (Lipinski definition) is 4. The highest BCUT2D eigenvalue weighted by Gasteiger charge is 2.34. The summed E-state index contributed by atoms with van der Waals surface area (Å²) in [4.78, 5) is 14.2. The van der Waals surface area contributed by atoms with Crippen LogP contribution in [-0.4, -0.2) is 13.0 Å². The molecular weight excluding hydrogens is 562 g/mol. The molecule has 2 heterocycles. The molecule has 4 nitrogen and oxygen atoms in total. The molecule has 0 saturated heterocycles. The molecule has 0 saturated carbocycles. The van der Waals surface area contributed by atoms with Crippen LogP contribution in [0, 0.1) is 13.1 Å². The number of ether oxygens (including phenoxy) is 1. The van der Waals surface area contributed by atoms with Crippen LogP contribution in [0.3, 0.4) is 0 Å². The molecule has 0 unspecified atom stereocenters. The zero-order valence-electron chi connectivity index (χ0n) is 13.9. The lowest BCUT2D eigenvalue weighted by molar-refractivity contribution is 0.0934. The average Bonchev–Trinajstić information content (AvgIpc) is 2.91. The predicted octanol–water partition coefficient (Wildman–Crippen LogP) is 4.94. The second kappa shape index (κ2) is 6.88. The summed E-state index contributed by atoms with van der Waals surface area (Å²) in [5.41, 5.74) is 3.09. The molecule has 1 aromatic heterocycles. The van der Waals surface area contributed by atoms with Gasteiger partial charge in [0, 0.05) is 14.0 Å². The number of methoxy groups -OCH3 is 1. The Morgan fingerprint density at radius 3 is 2.84 bits per heavy atom. The molecule has 4 rings (SSSR count). The lowest BCUT2D eigenvalue weighted by Crippen LogP contribution is -2.38. The van der Waals surface area contributed by atoms with Gasteiger partial charge in [-0.25, -0.2) is 0 Å². The SMILES string of the molecule is COc1c(I)cc(I)cc1[C@H]1NC(=O)c2c(sc3c2CC[C@H](C)C3)N1. The molecule has 7 heteroatoms. The number of benzene rings is 1. The lowest BCUT2D eigenvalue weighted by atomic mass is 9.88. The highest BCUT2D eigenvalue weighted by Crippen LogP contribution is 2.43. The fourth-order valence-corrected chi connectivity index (χ4v) is 7.17.